The summed E-state index contributed by atoms with van der Waals surface area (Å²) in [5.74, 6) is -1.08. The summed E-state index contributed by atoms with van der Waals surface area (Å²) in [4.78, 5) is 38.2. The van der Waals surface area contributed by atoms with Crippen molar-refractivity contribution in [3.05, 3.63) is 35.6 Å². The van der Waals surface area contributed by atoms with Crippen LogP contribution in [0.2, 0.25) is 0 Å². The van der Waals surface area contributed by atoms with E-state index in [-0.39, 0.29) is 18.5 Å². The Balaban J connectivity index is 2.20. The predicted octanol–water partition coefficient (Wildman–Crippen LogP) is 2.14. The molecule has 2 rings (SSSR count). The minimum Gasteiger partial charge on any atom is -0.352 e. The number of carbonyl (C=O) groups is 3. The van der Waals surface area contributed by atoms with Gasteiger partial charge in [0.15, 0.2) is 0 Å². The fraction of sp³-hybridized carbons (Fsp3) is 0.500. The third-order valence-corrected chi connectivity index (χ3v) is 4.73. The molecule has 1 aliphatic heterocycles. The molecule has 1 heterocycles. The van der Waals surface area contributed by atoms with E-state index in [0.29, 0.717) is 12.0 Å². The molecule has 0 unspecified atom stereocenters. The molecule has 4 amide bonds. The molecule has 0 saturated carbocycles. The van der Waals surface area contributed by atoms with Crippen molar-refractivity contribution in [3.63, 3.8) is 0 Å². The van der Waals surface area contributed by atoms with E-state index in [1.807, 2.05) is 20.8 Å². The fourth-order valence-electron chi connectivity index (χ4n) is 2.75. The standard InChI is InChI=1S/C18H24FN3O3/c1-5-18(13-6-8-14(19)9-7-13)16(24)22(17(25)21-18)10-15(23)20-12(4)11(2)3/h6-9,11-12H,5,10H2,1-4H3,(H,20,23)(H,21,25)/t12-,18-/m1/s1. The molecule has 0 radical (unpaired) electrons. The summed E-state index contributed by atoms with van der Waals surface area (Å²) >= 11 is 0. The molecule has 25 heavy (non-hydrogen) atoms. The predicted molar refractivity (Wildman–Crippen MR) is 91.1 cm³/mol. The van der Waals surface area contributed by atoms with E-state index in [9.17, 15) is 18.8 Å². The Bertz CT molecular complexity index is 675. The van der Waals surface area contributed by atoms with Crippen LogP contribution >= 0.6 is 0 Å². The SMILES string of the molecule is CC[C@]1(c2ccc(F)cc2)NC(=O)N(CC(=O)N[C@H](C)C(C)C)C1=O. The topological polar surface area (TPSA) is 78.5 Å². The summed E-state index contributed by atoms with van der Waals surface area (Å²) in [5.41, 5.74) is -0.775. The largest absolute Gasteiger partial charge is 0.352 e. The molecule has 1 aliphatic rings. The Hall–Kier alpha value is -2.44. The van der Waals surface area contributed by atoms with Crippen molar-refractivity contribution in [3.8, 4) is 0 Å². The maximum absolute atomic E-state index is 13.2. The number of rotatable bonds is 6. The molecule has 2 atom stereocenters. The van der Waals surface area contributed by atoms with Gasteiger partial charge in [0, 0.05) is 6.04 Å². The van der Waals surface area contributed by atoms with Gasteiger partial charge in [-0.25, -0.2) is 9.18 Å². The van der Waals surface area contributed by atoms with Gasteiger partial charge in [-0.1, -0.05) is 32.9 Å². The van der Waals surface area contributed by atoms with Crippen LogP contribution in [0.5, 0.6) is 0 Å². The Morgan fingerprint density at radius 1 is 1.24 bits per heavy atom. The van der Waals surface area contributed by atoms with Gasteiger partial charge in [0.25, 0.3) is 5.91 Å². The fourth-order valence-corrected chi connectivity index (χ4v) is 2.75. The zero-order valence-corrected chi connectivity index (χ0v) is 14.9. The Kier molecular flexibility index (Phi) is 5.45. The number of nitrogens with zero attached hydrogens (tertiary/aromatic N) is 1. The number of hydrogen-bond donors (Lipinski definition) is 2. The molecule has 1 saturated heterocycles. The zero-order valence-electron chi connectivity index (χ0n) is 14.9. The molecular formula is C18H24FN3O3. The van der Waals surface area contributed by atoms with E-state index < -0.39 is 29.2 Å². The summed E-state index contributed by atoms with van der Waals surface area (Å²) in [5, 5.41) is 5.45. The Morgan fingerprint density at radius 2 is 1.84 bits per heavy atom. The highest BCUT2D eigenvalue weighted by molar-refractivity contribution is 6.09. The van der Waals surface area contributed by atoms with E-state index in [0.717, 1.165) is 4.90 Å². The van der Waals surface area contributed by atoms with Gasteiger partial charge >= 0.3 is 6.03 Å². The molecule has 1 aromatic rings. The van der Waals surface area contributed by atoms with E-state index in [1.54, 1.807) is 6.92 Å². The van der Waals surface area contributed by atoms with Gasteiger partial charge in [-0.2, -0.15) is 0 Å². The normalized spacial score (nSPS) is 21.4. The minimum absolute atomic E-state index is 0.0682. The summed E-state index contributed by atoms with van der Waals surface area (Å²) in [6, 6.07) is 4.74. The quantitative estimate of drug-likeness (QED) is 0.773. The highest BCUT2D eigenvalue weighted by Crippen LogP contribution is 2.32. The lowest BCUT2D eigenvalue weighted by Gasteiger charge is -2.26. The van der Waals surface area contributed by atoms with Crippen molar-refractivity contribution < 1.29 is 18.8 Å². The second-order valence-electron chi connectivity index (χ2n) is 6.69. The van der Waals surface area contributed by atoms with Crippen molar-refractivity contribution >= 4 is 17.8 Å². The molecule has 6 nitrogen and oxygen atoms in total. The maximum Gasteiger partial charge on any atom is 0.325 e. The first-order chi connectivity index (χ1) is 11.7. The lowest BCUT2D eigenvalue weighted by molar-refractivity contribution is -0.135. The van der Waals surface area contributed by atoms with Crippen LogP contribution in [0.1, 0.15) is 39.7 Å². The highest BCUT2D eigenvalue weighted by atomic mass is 19.1. The number of hydrogen-bond acceptors (Lipinski definition) is 3. The number of nitrogens with one attached hydrogen (secondary N) is 2. The third-order valence-electron chi connectivity index (χ3n) is 4.73. The first-order valence-corrected chi connectivity index (χ1v) is 8.40. The van der Waals surface area contributed by atoms with Crippen LogP contribution < -0.4 is 10.6 Å². The molecule has 136 valence electrons. The van der Waals surface area contributed by atoms with Crippen LogP contribution in [0, 0.1) is 11.7 Å². The van der Waals surface area contributed by atoms with Gasteiger partial charge in [-0.05, 0) is 37.0 Å². The number of urea groups is 1. The van der Waals surface area contributed by atoms with Crippen LogP contribution in [0.25, 0.3) is 0 Å². The number of benzene rings is 1. The lowest BCUT2D eigenvalue weighted by atomic mass is 9.87. The number of amides is 4. The smallest absolute Gasteiger partial charge is 0.325 e. The number of halogens is 1. The van der Waals surface area contributed by atoms with Gasteiger partial charge in [0.2, 0.25) is 5.91 Å². The highest BCUT2D eigenvalue weighted by Gasteiger charge is 2.51. The van der Waals surface area contributed by atoms with Crippen LogP contribution in [-0.2, 0) is 15.1 Å². The molecule has 0 spiro atoms. The van der Waals surface area contributed by atoms with Gasteiger partial charge in [0.05, 0.1) is 0 Å². The van der Waals surface area contributed by atoms with E-state index in [2.05, 4.69) is 10.6 Å². The Labute approximate surface area is 146 Å². The summed E-state index contributed by atoms with van der Waals surface area (Å²) in [6.45, 7) is 7.21. The summed E-state index contributed by atoms with van der Waals surface area (Å²) in [6.07, 6.45) is 0.295. The zero-order chi connectivity index (χ0) is 18.8. The van der Waals surface area contributed by atoms with Crippen LogP contribution in [-0.4, -0.2) is 35.3 Å². The Morgan fingerprint density at radius 3 is 2.36 bits per heavy atom. The molecule has 0 aliphatic carbocycles. The first-order valence-electron chi connectivity index (χ1n) is 8.40. The van der Waals surface area contributed by atoms with Gasteiger partial charge < -0.3 is 10.6 Å². The van der Waals surface area contributed by atoms with E-state index in [4.69, 9.17) is 0 Å². The molecule has 7 heteroatoms. The van der Waals surface area contributed by atoms with Gasteiger partial charge in [-0.15, -0.1) is 0 Å². The number of carbonyl (C=O) groups excluding carboxylic acids is 3. The molecule has 0 aromatic heterocycles. The van der Waals surface area contributed by atoms with Gasteiger partial charge in [0.1, 0.15) is 17.9 Å². The van der Waals surface area contributed by atoms with Crippen LogP contribution in [0.3, 0.4) is 0 Å². The monoisotopic (exact) mass is 349 g/mol. The van der Waals surface area contributed by atoms with E-state index in [1.165, 1.54) is 24.3 Å². The molecule has 0 bridgehead atoms. The average Bonchev–Trinajstić information content (AvgIpc) is 2.80. The van der Waals surface area contributed by atoms with Crippen molar-refractivity contribution in [1.82, 2.24) is 15.5 Å². The second kappa shape index (κ2) is 7.21. The molecule has 1 aromatic carbocycles. The van der Waals surface area contributed by atoms with Crippen molar-refractivity contribution in [2.75, 3.05) is 6.54 Å². The van der Waals surface area contributed by atoms with Gasteiger partial charge in [-0.3, -0.25) is 14.5 Å². The second-order valence-corrected chi connectivity index (χ2v) is 6.69. The van der Waals surface area contributed by atoms with E-state index >= 15 is 0 Å². The summed E-state index contributed by atoms with van der Waals surface area (Å²) < 4.78 is 13.2. The average molecular weight is 349 g/mol. The minimum atomic E-state index is -1.27. The third kappa shape index (κ3) is 3.65. The van der Waals surface area contributed by atoms with Crippen LogP contribution in [0.4, 0.5) is 9.18 Å². The maximum atomic E-state index is 13.2. The summed E-state index contributed by atoms with van der Waals surface area (Å²) in [7, 11) is 0. The molecule has 2 N–H and O–H groups in total. The molecular weight excluding hydrogens is 325 g/mol. The van der Waals surface area contributed by atoms with Crippen molar-refractivity contribution in [2.24, 2.45) is 5.92 Å². The van der Waals surface area contributed by atoms with Crippen LogP contribution in [0.15, 0.2) is 24.3 Å². The number of imide groups is 1. The van der Waals surface area contributed by atoms with Crippen molar-refractivity contribution in [2.45, 2.75) is 45.7 Å². The lowest BCUT2D eigenvalue weighted by Crippen LogP contribution is -2.46. The molecule has 1 fully saturated rings. The first kappa shape index (κ1) is 18.9. The van der Waals surface area contributed by atoms with Crippen molar-refractivity contribution in [1.29, 1.82) is 0 Å².